The van der Waals surface area contributed by atoms with Crippen LogP contribution < -0.4 is 0 Å². The number of hydrogen-bond donors (Lipinski definition) is 0. The Bertz CT molecular complexity index is 1810. The molecule has 6 heteroatoms. The second kappa shape index (κ2) is 67.5. The number of carbonyl (C=O) groups excluding carboxylic acids is 3. The molecule has 0 aromatic heterocycles. The minimum Gasteiger partial charge on any atom is -0.462 e. The molecule has 0 bridgehead atoms. The summed E-state index contributed by atoms with van der Waals surface area (Å²) < 4.78 is 16.8. The third-order valence-electron chi connectivity index (χ3n) is 13.5. The van der Waals surface area contributed by atoms with Crippen LogP contribution in [0.15, 0.2) is 158 Å². The van der Waals surface area contributed by atoms with Crippen molar-refractivity contribution < 1.29 is 28.6 Å². The van der Waals surface area contributed by atoms with Gasteiger partial charge in [-0.05, 0) is 128 Å². The molecule has 0 amide bonds. The summed E-state index contributed by atoms with van der Waals surface area (Å²) in [6.07, 6.45) is 98.7. The maximum atomic E-state index is 12.8. The fraction of sp³-hybridized carbons (Fsp3) is 0.613. The van der Waals surface area contributed by atoms with Crippen molar-refractivity contribution in [3.63, 3.8) is 0 Å². The second-order valence-electron chi connectivity index (χ2n) is 21.3. The summed E-state index contributed by atoms with van der Waals surface area (Å²) >= 11 is 0. The van der Waals surface area contributed by atoms with Gasteiger partial charge in [0.2, 0.25) is 0 Å². The van der Waals surface area contributed by atoms with Crippen molar-refractivity contribution >= 4 is 17.9 Å². The molecule has 0 aliphatic heterocycles. The van der Waals surface area contributed by atoms with E-state index in [1.165, 1.54) is 70.6 Å². The lowest BCUT2D eigenvalue weighted by Gasteiger charge is -2.18. The van der Waals surface area contributed by atoms with Gasteiger partial charge < -0.3 is 14.2 Å². The number of esters is 3. The Balaban J connectivity index is 4.09. The van der Waals surface area contributed by atoms with Gasteiger partial charge >= 0.3 is 17.9 Å². The van der Waals surface area contributed by atoms with E-state index in [1.807, 2.05) is 0 Å². The SMILES string of the molecule is CC/C=C\C/C=C\C/C=C\C/C=C\C/C=C\C/C=C\C/C=C\CCCCCCCCCCCCCC(=O)OCC(COC(=O)CCCCCCC)OC(=O)CCCCCCCC/C=C\C/C=C\C/C=C\C/C=C\C/C=C\C/C=C\CC. The quantitative estimate of drug-likeness (QED) is 0.0261. The van der Waals surface area contributed by atoms with Crippen molar-refractivity contribution in [1.29, 1.82) is 0 Å². The number of unbranched alkanes of at least 4 members (excludes halogenated alkanes) is 21. The summed E-state index contributed by atoms with van der Waals surface area (Å²) in [5.74, 6) is -0.924. The number of allylic oxidation sites excluding steroid dienone is 26. The molecule has 1 unspecified atom stereocenters. The predicted octanol–water partition coefficient (Wildman–Crippen LogP) is 22.9. The van der Waals surface area contributed by atoms with Gasteiger partial charge in [-0.3, -0.25) is 14.4 Å². The molecule has 1 atom stereocenters. The van der Waals surface area contributed by atoms with Crippen molar-refractivity contribution in [2.24, 2.45) is 0 Å². The molecule has 0 saturated heterocycles. The molecule has 0 aliphatic carbocycles. The average molecular weight is 1120 g/mol. The first-order chi connectivity index (χ1) is 40.0. The van der Waals surface area contributed by atoms with Gasteiger partial charge in [0.15, 0.2) is 6.10 Å². The van der Waals surface area contributed by atoms with Gasteiger partial charge in [0.1, 0.15) is 13.2 Å². The van der Waals surface area contributed by atoms with Crippen LogP contribution in [-0.2, 0) is 28.6 Å². The lowest BCUT2D eigenvalue weighted by atomic mass is 10.0. The molecule has 0 aromatic carbocycles. The molecule has 0 heterocycles. The van der Waals surface area contributed by atoms with E-state index >= 15 is 0 Å². The van der Waals surface area contributed by atoms with E-state index in [9.17, 15) is 14.4 Å². The van der Waals surface area contributed by atoms with Crippen LogP contribution >= 0.6 is 0 Å². The molecular weight excluding hydrogens is 997 g/mol. The lowest BCUT2D eigenvalue weighted by molar-refractivity contribution is -0.167. The third-order valence-corrected chi connectivity index (χ3v) is 13.5. The van der Waals surface area contributed by atoms with E-state index in [-0.39, 0.29) is 31.1 Å². The highest BCUT2D eigenvalue weighted by atomic mass is 16.6. The smallest absolute Gasteiger partial charge is 0.306 e. The monoisotopic (exact) mass is 1120 g/mol. The molecule has 456 valence electrons. The van der Waals surface area contributed by atoms with Gasteiger partial charge in [-0.2, -0.15) is 0 Å². The molecule has 81 heavy (non-hydrogen) atoms. The molecule has 0 saturated carbocycles. The highest BCUT2D eigenvalue weighted by Crippen LogP contribution is 2.15. The van der Waals surface area contributed by atoms with Crippen LogP contribution in [0.4, 0.5) is 0 Å². The minimum atomic E-state index is -0.791. The zero-order valence-corrected chi connectivity index (χ0v) is 52.2. The van der Waals surface area contributed by atoms with Crippen molar-refractivity contribution in [1.82, 2.24) is 0 Å². The summed E-state index contributed by atoms with van der Waals surface area (Å²) in [5.41, 5.74) is 0. The second-order valence-corrected chi connectivity index (χ2v) is 21.3. The summed E-state index contributed by atoms with van der Waals surface area (Å²) in [6.45, 7) is 6.31. The standard InChI is InChI=1S/C75H120O6/c1-4-7-10-13-15-17-19-21-23-25-27-29-31-33-34-35-36-37-38-39-40-42-43-45-47-49-51-53-55-57-59-62-65-68-74(77)80-71-72(70-79-73(76)67-64-61-12-9-6-3)81-75(78)69-66-63-60-58-56-54-52-50-48-46-44-41-32-30-28-26-24-22-20-18-16-14-11-8-5-2/h7-8,10-11,15-18,21-24,27-30,33-34,36-37,39-41,44,48,50,72H,4-6,9,12-14,19-20,25-26,31-32,35,38,42-43,45-47,49,51-71H2,1-3H3/b10-7-,11-8-,17-15-,18-16-,23-21-,24-22-,29-27-,30-28-,34-33-,37-36-,40-39-,44-41-,50-48-. The zero-order valence-electron chi connectivity index (χ0n) is 52.2. The molecule has 0 aromatic rings. The van der Waals surface area contributed by atoms with Crippen LogP contribution in [0.2, 0.25) is 0 Å². The van der Waals surface area contributed by atoms with Gasteiger partial charge in [-0.25, -0.2) is 0 Å². The number of ether oxygens (including phenoxy) is 3. The van der Waals surface area contributed by atoms with Crippen LogP contribution in [0.3, 0.4) is 0 Å². The third kappa shape index (κ3) is 65.7. The highest BCUT2D eigenvalue weighted by Gasteiger charge is 2.19. The van der Waals surface area contributed by atoms with E-state index in [2.05, 4.69) is 179 Å². The summed E-state index contributed by atoms with van der Waals surface area (Å²) in [4.78, 5) is 38.0. The van der Waals surface area contributed by atoms with Crippen molar-refractivity contribution in [3.8, 4) is 0 Å². The van der Waals surface area contributed by atoms with Crippen LogP contribution in [0, 0.1) is 0 Å². The lowest BCUT2D eigenvalue weighted by Crippen LogP contribution is -2.30. The van der Waals surface area contributed by atoms with Gasteiger partial charge in [-0.1, -0.05) is 288 Å². The molecule has 0 N–H and O–H groups in total. The average Bonchev–Trinajstić information content (AvgIpc) is 3.47. The zero-order chi connectivity index (χ0) is 58.5. The Labute approximate surface area is 499 Å². The van der Waals surface area contributed by atoms with E-state index in [4.69, 9.17) is 14.2 Å². The molecule has 0 radical (unpaired) electrons. The number of hydrogen-bond acceptors (Lipinski definition) is 6. The highest BCUT2D eigenvalue weighted by molar-refractivity contribution is 5.71. The maximum Gasteiger partial charge on any atom is 0.306 e. The summed E-state index contributed by atoms with van der Waals surface area (Å²) in [6, 6.07) is 0. The normalized spacial score (nSPS) is 13.2. The van der Waals surface area contributed by atoms with Gasteiger partial charge in [0.25, 0.3) is 0 Å². The fourth-order valence-corrected chi connectivity index (χ4v) is 8.66. The van der Waals surface area contributed by atoms with E-state index in [0.29, 0.717) is 19.3 Å². The van der Waals surface area contributed by atoms with Crippen molar-refractivity contribution in [2.75, 3.05) is 13.2 Å². The Morgan fingerprint density at radius 1 is 0.259 bits per heavy atom. The fourth-order valence-electron chi connectivity index (χ4n) is 8.66. The summed E-state index contributed by atoms with van der Waals surface area (Å²) in [7, 11) is 0. The van der Waals surface area contributed by atoms with Crippen LogP contribution in [0.1, 0.15) is 278 Å². The minimum absolute atomic E-state index is 0.0900. The van der Waals surface area contributed by atoms with Crippen LogP contribution in [0.5, 0.6) is 0 Å². The number of rotatable bonds is 58. The topological polar surface area (TPSA) is 78.9 Å². The molecule has 0 spiro atoms. The van der Waals surface area contributed by atoms with Gasteiger partial charge in [0, 0.05) is 19.3 Å². The van der Waals surface area contributed by atoms with Crippen LogP contribution in [0.25, 0.3) is 0 Å². The Hall–Kier alpha value is -4.97. The van der Waals surface area contributed by atoms with E-state index < -0.39 is 6.10 Å². The Morgan fingerprint density at radius 2 is 0.481 bits per heavy atom. The molecule has 0 rings (SSSR count). The molecule has 0 aliphatic rings. The molecule has 0 fully saturated rings. The molecular formula is C75H120O6. The maximum absolute atomic E-state index is 12.8. The van der Waals surface area contributed by atoms with Gasteiger partial charge in [-0.15, -0.1) is 0 Å². The Kier molecular flexibility index (Phi) is 63.4. The van der Waals surface area contributed by atoms with Crippen LogP contribution in [-0.4, -0.2) is 37.2 Å². The number of carbonyl (C=O) groups is 3. The Morgan fingerprint density at radius 3 is 0.753 bits per heavy atom. The predicted molar refractivity (Wildman–Crippen MR) is 352 cm³/mol. The first kappa shape index (κ1) is 76.0. The van der Waals surface area contributed by atoms with E-state index in [1.54, 1.807) is 0 Å². The van der Waals surface area contributed by atoms with Crippen molar-refractivity contribution in [2.45, 2.75) is 284 Å². The summed E-state index contributed by atoms with van der Waals surface area (Å²) in [5, 5.41) is 0. The largest absolute Gasteiger partial charge is 0.462 e. The van der Waals surface area contributed by atoms with Gasteiger partial charge in [0.05, 0.1) is 0 Å². The first-order valence-corrected chi connectivity index (χ1v) is 33.0. The van der Waals surface area contributed by atoms with E-state index in [0.717, 1.165) is 167 Å². The molecule has 6 nitrogen and oxygen atoms in total. The first-order valence-electron chi connectivity index (χ1n) is 33.0. The van der Waals surface area contributed by atoms with Crippen molar-refractivity contribution in [3.05, 3.63) is 158 Å².